The third-order valence-corrected chi connectivity index (χ3v) is 5.12. The highest BCUT2D eigenvalue weighted by Crippen LogP contribution is 2.30. The number of rotatable bonds is 5. The van der Waals surface area contributed by atoms with Crippen LogP contribution in [-0.2, 0) is 17.8 Å². The zero-order valence-electron chi connectivity index (χ0n) is 12.0. The molecule has 0 aromatic carbocycles. The van der Waals surface area contributed by atoms with Crippen LogP contribution in [-0.4, -0.2) is 25.5 Å². The average Bonchev–Trinajstić information content (AvgIpc) is 3.12. The smallest absolute Gasteiger partial charge is 0.161 e. The molecule has 0 spiro atoms. The molecule has 0 amide bonds. The Morgan fingerprint density at radius 1 is 1.36 bits per heavy atom. The molecule has 0 fully saturated rings. The molecular weight excluding hydrogens is 340 g/mol. The molecule has 0 aliphatic carbocycles. The Labute approximate surface area is 140 Å². The number of aromatic nitrogens is 4. The predicted octanol–water partition coefficient (Wildman–Crippen LogP) is 3.55. The summed E-state index contributed by atoms with van der Waals surface area (Å²) in [6, 6.07) is 0. The van der Waals surface area contributed by atoms with Crippen molar-refractivity contribution in [3.05, 3.63) is 38.5 Å². The molecule has 0 bridgehead atoms. The Morgan fingerprint density at radius 2 is 2.18 bits per heavy atom. The molecule has 5 nitrogen and oxygen atoms in total. The van der Waals surface area contributed by atoms with Crippen LogP contribution in [0.2, 0.25) is 5.02 Å². The van der Waals surface area contributed by atoms with Gasteiger partial charge in [0, 0.05) is 11.6 Å². The number of hydrogen-bond donors (Lipinski definition) is 0. The second-order valence-corrected chi connectivity index (χ2v) is 7.43. The molecule has 0 unspecified atom stereocenters. The number of ketones is 1. The molecule has 0 atom stereocenters. The number of nitrogens with zero attached hydrogens (tertiary/aromatic N) is 4. The van der Waals surface area contributed by atoms with Gasteiger partial charge < -0.3 is 0 Å². The van der Waals surface area contributed by atoms with Gasteiger partial charge in [0.2, 0.25) is 0 Å². The number of aryl methyl sites for hydroxylation is 2. The van der Waals surface area contributed by atoms with E-state index in [1.165, 1.54) is 22.2 Å². The van der Waals surface area contributed by atoms with Crippen LogP contribution in [0.1, 0.15) is 15.7 Å². The van der Waals surface area contributed by atoms with Gasteiger partial charge in [0.05, 0.1) is 45.5 Å². The van der Waals surface area contributed by atoms with Gasteiger partial charge in [0.1, 0.15) is 5.01 Å². The standard InChI is InChI=1S/C14H13ClN4OS2/c1-8-14(22-9(2)17-8)12-7-21-13(18-12)3-11(20)6-19-5-10(15)4-16-19/h4-5,7H,3,6H2,1-2H3. The van der Waals surface area contributed by atoms with Crippen molar-refractivity contribution in [2.75, 3.05) is 0 Å². The summed E-state index contributed by atoms with van der Waals surface area (Å²) in [5.41, 5.74) is 1.88. The summed E-state index contributed by atoms with van der Waals surface area (Å²) < 4.78 is 1.54. The van der Waals surface area contributed by atoms with E-state index < -0.39 is 0 Å². The van der Waals surface area contributed by atoms with E-state index in [4.69, 9.17) is 11.6 Å². The van der Waals surface area contributed by atoms with Crippen molar-refractivity contribution in [3.8, 4) is 10.6 Å². The summed E-state index contributed by atoms with van der Waals surface area (Å²) in [6.07, 6.45) is 3.46. The lowest BCUT2D eigenvalue weighted by molar-refractivity contribution is -0.119. The van der Waals surface area contributed by atoms with Gasteiger partial charge in [-0.05, 0) is 13.8 Å². The Kier molecular flexibility index (Phi) is 4.37. The SMILES string of the molecule is Cc1nc(C)c(-c2csc(CC(=O)Cn3cc(Cl)cn3)n2)s1. The van der Waals surface area contributed by atoms with Gasteiger partial charge >= 0.3 is 0 Å². The van der Waals surface area contributed by atoms with Crippen LogP contribution >= 0.6 is 34.3 Å². The van der Waals surface area contributed by atoms with E-state index in [9.17, 15) is 4.79 Å². The molecule has 22 heavy (non-hydrogen) atoms. The fourth-order valence-electron chi connectivity index (χ4n) is 2.10. The second kappa shape index (κ2) is 6.28. The summed E-state index contributed by atoms with van der Waals surface area (Å²) >= 11 is 8.90. The molecular formula is C14H13ClN4OS2. The van der Waals surface area contributed by atoms with E-state index >= 15 is 0 Å². The normalized spacial score (nSPS) is 11.0. The van der Waals surface area contributed by atoms with Crippen molar-refractivity contribution in [2.24, 2.45) is 0 Å². The third kappa shape index (κ3) is 3.43. The molecule has 0 saturated carbocycles. The number of carbonyl (C=O) groups excluding carboxylic acids is 1. The molecule has 3 aromatic rings. The topological polar surface area (TPSA) is 60.7 Å². The summed E-state index contributed by atoms with van der Waals surface area (Å²) in [7, 11) is 0. The zero-order chi connectivity index (χ0) is 15.7. The number of Topliss-reactive ketones (excluding diaryl/α,β-unsaturated/α-hetero) is 1. The van der Waals surface area contributed by atoms with Gasteiger partial charge in [-0.15, -0.1) is 22.7 Å². The van der Waals surface area contributed by atoms with Crippen LogP contribution < -0.4 is 0 Å². The molecule has 0 N–H and O–H groups in total. The molecule has 0 saturated heterocycles. The van der Waals surface area contributed by atoms with Gasteiger partial charge in [-0.3, -0.25) is 9.48 Å². The number of thiazole rings is 2. The van der Waals surface area contributed by atoms with E-state index in [0.29, 0.717) is 11.4 Å². The van der Waals surface area contributed by atoms with E-state index in [-0.39, 0.29) is 12.3 Å². The first-order chi connectivity index (χ1) is 10.5. The van der Waals surface area contributed by atoms with Crippen LogP contribution in [0.25, 0.3) is 10.6 Å². The highest BCUT2D eigenvalue weighted by molar-refractivity contribution is 7.16. The van der Waals surface area contributed by atoms with Crippen molar-refractivity contribution in [1.82, 2.24) is 19.7 Å². The highest BCUT2D eigenvalue weighted by atomic mass is 35.5. The molecule has 3 rings (SSSR count). The Morgan fingerprint density at radius 3 is 2.82 bits per heavy atom. The van der Waals surface area contributed by atoms with Crippen molar-refractivity contribution >= 4 is 40.1 Å². The van der Waals surface area contributed by atoms with Crippen LogP contribution in [0.15, 0.2) is 17.8 Å². The van der Waals surface area contributed by atoms with Gasteiger partial charge in [0.15, 0.2) is 5.78 Å². The molecule has 8 heteroatoms. The van der Waals surface area contributed by atoms with Gasteiger partial charge in [0.25, 0.3) is 0 Å². The van der Waals surface area contributed by atoms with Crippen molar-refractivity contribution < 1.29 is 4.79 Å². The largest absolute Gasteiger partial charge is 0.297 e. The van der Waals surface area contributed by atoms with Crippen LogP contribution in [0, 0.1) is 13.8 Å². The minimum Gasteiger partial charge on any atom is -0.297 e. The maximum Gasteiger partial charge on any atom is 0.161 e. The fourth-order valence-corrected chi connectivity index (χ4v) is 4.02. The highest BCUT2D eigenvalue weighted by Gasteiger charge is 2.14. The molecule has 0 aliphatic rings. The number of carbonyl (C=O) groups is 1. The molecule has 3 aromatic heterocycles. The first kappa shape index (κ1) is 15.3. The van der Waals surface area contributed by atoms with E-state index in [1.54, 1.807) is 17.5 Å². The van der Waals surface area contributed by atoms with Crippen LogP contribution in [0.5, 0.6) is 0 Å². The minimum absolute atomic E-state index is 0.0536. The summed E-state index contributed by atoms with van der Waals surface area (Å²) in [5.74, 6) is 0.0536. The molecule has 3 heterocycles. The maximum atomic E-state index is 12.1. The monoisotopic (exact) mass is 352 g/mol. The fraction of sp³-hybridized carbons (Fsp3) is 0.286. The van der Waals surface area contributed by atoms with Crippen molar-refractivity contribution in [1.29, 1.82) is 0 Å². The van der Waals surface area contributed by atoms with E-state index in [1.807, 2.05) is 19.2 Å². The zero-order valence-corrected chi connectivity index (χ0v) is 14.4. The Hall–Kier alpha value is -1.57. The molecule has 0 radical (unpaired) electrons. The maximum absolute atomic E-state index is 12.1. The third-order valence-electron chi connectivity index (χ3n) is 2.98. The second-order valence-electron chi connectivity index (χ2n) is 4.85. The van der Waals surface area contributed by atoms with E-state index in [0.717, 1.165) is 26.3 Å². The summed E-state index contributed by atoms with van der Waals surface area (Å²) in [6.45, 7) is 4.16. The quantitative estimate of drug-likeness (QED) is 0.704. The first-order valence-corrected chi connectivity index (χ1v) is 8.67. The molecule has 114 valence electrons. The first-order valence-electron chi connectivity index (χ1n) is 6.59. The van der Waals surface area contributed by atoms with Crippen molar-refractivity contribution in [2.45, 2.75) is 26.8 Å². The van der Waals surface area contributed by atoms with E-state index in [2.05, 4.69) is 15.1 Å². The van der Waals surface area contributed by atoms with Gasteiger partial charge in [-0.2, -0.15) is 5.10 Å². The molecule has 0 aliphatic heterocycles. The average molecular weight is 353 g/mol. The Bertz CT molecular complexity index is 821. The van der Waals surface area contributed by atoms with Gasteiger partial charge in [-0.1, -0.05) is 11.6 Å². The van der Waals surface area contributed by atoms with Crippen molar-refractivity contribution in [3.63, 3.8) is 0 Å². The van der Waals surface area contributed by atoms with Gasteiger partial charge in [-0.25, -0.2) is 9.97 Å². The predicted molar refractivity (Wildman–Crippen MR) is 88.6 cm³/mol. The number of hydrogen-bond acceptors (Lipinski definition) is 6. The summed E-state index contributed by atoms with van der Waals surface area (Å²) in [5, 5.41) is 8.34. The van der Waals surface area contributed by atoms with Crippen LogP contribution in [0.4, 0.5) is 0 Å². The van der Waals surface area contributed by atoms with Crippen LogP contribution in [0.3, 0.4) is 0 Å². The lowest BCUT2D eigenvalue weighted by atomic mass is 10.3. The summed E-state index contributed by atoms with van der Waals surface area (Å²) in [4.78, 5) is 22.1. The lowest BCUT2D eigenvalue weighted by Crippen LogP contribution is -2.12. The lowest BCUT2D eigenvalue weighted by Gasteiger charge is -1.98. The minimum atomic E-state index is 0.0536. The number of halogens is 1. The Balaban J connectivity index is 1.69.